The Morgan fingerprint density at radius 2 is 1.65 bits per heavy atom. The van der Waals surface area contributed by atoms with Crippen molar-refractivity contribution < 1.29 is 9.53 Å². The summed E-state index contributed by atoms with van der Waals surface area (Å²) in [5.74, 6) is -0.0913. The molecule has 2 heterocycles. The van der Waals surface area contributed by atoms with Gasteiger partial charge in [0.15, 0.2) is 0 Å². The number of para-hydroxylation sites is 2. The lowest BCUT2D eigenvalue weighted by Gasteiger charge is -2.40. The lowest BCUT2D eigenvalue weighted by molar-refractivity contribution is -0.155. The number of likely N-dealkylation sites (tertiary alicyclic amines) is 1. The van der Waals surface area contributed by atoms with E-state index >= 15 is 0 Å². The quantitative estimate of drug-likeness (QED) is 0.499. The molecule has 0 amide bonds. The number of esters is 1. The molecular formula is C25H33ClN2O2S. The Morgan fingerprint density at radius 1 is 1.06 bits per heavy atom. The number of anilines is 2. The molecule has 1 unspecified atom stereocenters. The summed E-state index contributed by atoms with van der Waals surface area (Å²) in [5.41, 5.74) is 2.17. The number of benzene rings is 2. The molecule has 168 valence electrons. The summed E-state index contributed by atoms with van der Waals surface area (Å²) in [6, 6.07) is 17.3. The lowest BCUT2D eigenvalue weighted by atomic mass is 9.81. The molecule has 1 atom stereocenters. The third-order valence-electron chi connectivity index (χ3n) is 5.93. The molecular weight excluding hydrogens is 428 g/mol. The number of hydrogen-bond donors (Lipinski definition) is 0. The van der Waals surface area contributed by atoms with Crippen LogP contribution in [0.15, 0.2) is 58.3 Å². The maximum Gasteiger partial charge on any atom is 0.306 e. The van der Waals surface area contributed by atoms with Crippen molar-refractivity contribution in [2.75, 3.05) is 31.6 Å². The molecule has 1 fully saturated rings. The molecule has 0 bridgehead atoms. The van der Waals surface area contributed by atoms with Crippen molar-refractivity contribution in [3.8, 4) is 0 Å². The zero-order valence-electron chi connectivity index (χ0n) is 18.9. The first-order valence-electron chi connectivity index (χ1n) is 10.8. The van der Waals surface area contributed by atoms with E-state index in [9.17, 15) is 4.79 Å². The van der Waals surface area contributed by atoms with Gasteiger partial charge in [-0.1, -0.05) is 36.0 Å². The zero-order chi connectivity index (χ0) is 21.4. The van der Waals surface area contributed by atoms with Crippen LogP contribution in [0.25, 0.3) is 0 Å². The number of halogens is 1. The van der Waals surface area contributed by atoms with E-state index in [1.165, 1.54) is 21.2 Å². The smallest absolute Gasteiger partial charge is 0.306 e. The fourth-order valence-electron chi connectivity index (χ4n) is 4.62. The highest BCUT2D eigenvalue weighted by atomic mass is 35.5. The maximum atomic E-state index is 12.5. The first-order valence-corrected chi connectivity index (χ1v) is 11.6. The lowest BCUT2D eigenvalue weighted by Crippen LogP contribution is -2.39. The monoisotopic (exact) mass is 460 g/mol. The number of ether oxygens (including phenoxy) is 1. The zero-order valence-corrected chi connectivity index (χ0v) is 20.5. The van der Waals surface area contributed by atoms with Crippen LogP contribution in [0, 0.1) is 5.41 Å². The summed E-state index contributed by atoms with van der Waals surface area (Å²) < 4.78 is 5.60. The van der Waals surface area contributed by atoms with E-state index in [4.69, 9.17) is 4.74 Å². The van der Waals surface area contributed by atoms with E-state index in [1.54, 1.807) is 0 Å². The second-order valence-electron chi connectivity index (χ2n) is 9.70. The number of rotatable bonds is 5. The first kappa shape index (κ1) is 24.0. The van der Waals surface area contributed by atoms with Crippen LogP contribution in [0.3, 0.4) is 0 Å². The van der Waals surface area contributed by atoms with Gasteiger partial charge in [-0.15, -0.1) is 12.4 Å². The molecule has 4 nitrogen and oxygen atoms in total. The van der Waals surface area contributed by atoms with Crippen LogP contribution >= 0.6 is 24.2 Å². The fraction of sp³-hybridized carbons (Fsp3) is 0.480. The van der Waals surface area contributed by atoms with Crippen LogP contribution in [0.4, 0.5) is 11.4 Å². The summed E-state index contributed by atoms with van der Waals surface area (Å²) >= 11 is 1.84. The molecule has 2 aromatic rings. The van der Waals surface area contributed by atoms with Crippen LogP contribution in [-0.2, 0) is 9.53 Å². The highest BCUT2D eigenvalue weighted by Crippen LogP contribution is 2.50. The Morgan fingerprint density at radius 3 is 2.16 bits per heavy atom. The van der Waals surface area contributed by atoms with Gasteiger partial charge in [-0.2, -0.15) is 0 Å². The Labute approximate surface area is 196 Å². The number of nitrogens with zero attached hydrogens (tertiary/aromatic N) is 2. The summed E-state index contributed by atoms with van der Waals surface area (Å²) in [6.07, 6.45) is 2.41. The fourth-order valence-corrected chi connectivity index (χ4v) is 5.71. The summed E-state index contributed by atoms with van der Waals surface area (Å²) in [5, 5.41) is 0. The third kappa shape index (κ3) is 5.57. The standard InChI is InChI=1S/C25H32N2O2S.ClH/c1-24(2,3)29-23(28)13-14-25(15-16-26(4)17-25)18-27-19-9-5-7-11-21(19)30-22-12-8-6-10-20(22)27;/h5-12H,13-18H2,1-4H3;1H. The molecule has 0 aromatic heterocycles. The van der Waals surface area contributed by atoms with E-state index in [0.717, 1.165) is 32.5 Å². The van der Waals surface area contributed by atoms with Gasteiger partial charge in [0.2, 0.25) is 0 Å². The molecule has 4 rings (SSSR count). The number of carbonyl (C=O) groups excluding carboxylic acids is 1. The molecule has 1 saturated heterocycles. The van der Waals surface area contributed by atoms with Gasteiger partial charge >= 0.3 is 5.97 Å². The van der Waals surface area contributed by atoms with Gasteiger partial charge in [-0.3, -0.25) is 4.79 Å². The van der Waals surface area contributed by atoms with Crippen LogP contribution in [0.1, 0.15) is 40.0 Å². The van der Waals surface area contributed by atoms with E-state index in [1.807, 2.05) is 32.5 Å². The summed E-state index contributed by atoms with van der Waals surface area (Å²) in [4.78, 5) is 19.9. The minimum atomic E-state index is -0.432. The predicted octanol–water partition coefficient (Wildman–Crippen LogP) is 6.15. The second kappa shape index (κ2) is 9.43. The third-order valence-corrected chi connectivity index (χ3v) is 7.06. The van der Waals surface area contributed by atoms with Crippen LogP contribution in [-0.4, -0.2) is 43.2 Å². The molecule has 2 aromatic carbocycles. The average molecular weight is 461 g/mol. The van der Waals surface area contributed by atoms with E-state index < -0.39 is 5.60 Å². The molecule has 31 heavy (non-hydrogen) atoms. The minimum Gasteiger partial charge on any atom is -0.460 e. The Balaban J connectivity index is 0.00000272. The second-order valence-corrected chi connectivity index (χ2v) is 10.8. The van der Waals surface area contributed by atoms with Crippen LogP contribution < -0.4 is 4.90 Å². The number of hydrogen-bond acceptors (Lipinski definition) is 5. The maximum absolute atomic E-state index is 12.5. The first-order chi connectivity index (χ1) is 14.2. The van der Waals surface area contributed by atoms with Crippen molar-refractivity contribution in [3.05, 3.63) is 48.5 Å². The summed E-state index contributed by atoms with van der Waals surface area (Å²) in [6.45, 7) is 8.79. The van der Waals surface area contributed by atoms with Crippen molar-refractivity contribution in [2.24, 2.45) is 5.41 Å². The van der Waals surface area contributed by atoms with Gasteiger partial charge in [-0.05, 0) is 71.5 Å². The number of fused-ring (bicyclic) bond motifs is 2. The molecule has 2 aliphatic rings. The van der Waals surface area contributed by atoms with Gasteiger partial charge in [0.05, 0.1) is 11.4 Å². The predicted molar refractivity (Wildman–Crippen MR) is 131 cm³/mol. The van der Waals surface area contributed by atoms with Crippen molar-refractivity contribution >= 4 is 41.5 Å². The van der Waals surface area contributed by atoms with Gasteiger partial charge in [0.1, 0.15) is 5.60 Å². The van der Waals surface area contributed by atoms with Crippen LogP contribution in [0.5, 0.6) is 0 Å². The molecule has 2 aliphatic heterocycles. The largest absolute Gasteiger partial charge is 0.460 e. The van der Waals surface area contributed by atoms with Crippen molar-refractivity contribution in [3.63, 3.8) is 0 Å². The highest BCUT2D eigenvalue weighted by molar-refractivity contribution is 7.99. The van der Waals surface area contributed by atoms with Gasteiger partial charge < -0.3 is 14.5 Å². The molecule has 0 aliphatic carbocycles. The average Bonchev–Trinajstić information content (AvgIpc) is 3.06. The van der Waals surface area contributed by atoms with Crippen molar-refractivity contribution in [1.82, 2.24) is 4.90 Å². The minimum absolute atomic E-state index is 0. The van der Waals surface area contributed by atoms with Crippen molar-refractivity contribution in [1.29, 1.82) is 0 Å². The topological polar surface area (TPSA) is 32.8 Å². The van der Waals surface area contributed by atoms with Crippen LogP contribution in [0.2, 0.25) is 0 Å². The molecule has 0 saturated carbocycles. The Hall–Kier alpha value is -1.69. The SMILES string of the molecule is CN1CCC(CCC(=O)OC(C)(C)C)(CN2c3ccccc3Sc3ccccc32)C1.Cl. The van der Waals surface area contributed by atoms with E-state index in [2.05, 4.69) is 65.4 Å². The van der Waals surface area contributed by atoms with Crippen molar-refractivity contribution in [2.45, 2.75) is 55.4 Å². The van der Waals surface area contributed by atoms with E-state index in [-0.39, 0.29) is 23.8 Å². The molecule has 6 heteroatoms. The van der Waals surface area contributed by atoms with E-state index in [0.29, 0.717) is 6.42 Å². The normalized spacial score (nSPS) is 20.6. The van der Waals surface area contributed by atoms with Gasteiger partial charge in [0, 0.05) is 34.7 Å². The Bertz CT molecular complexity index is 884. The molecule has 0 radical (unpaired) electrons. The molecule has 0 spiro atoms. The molecule has 0 N–H and O–H groups in total. The Kier molecular flexibility index (Phi) is 7.29. The van der Waals surface area contributed by atoms with Gasteiger partial charge in [-0.25, -0.2) is 0 Å². The number of carbonyl (C=O) groups is 1. The van der Waals surface area contributed by atoms with Gasteiger partial charge in [0.25, 0.3) is 0 Å². The highest BCUT2D eigenvalue weighted by Gasteiger charge is 2.40. The summed E-state index contributed by atoms with van der Waals surface area (Å²) in [7, 11) is 2.18.